The molecule has 2 aromatic rings. The van der Waals surface area contributed by atoms with Crippen LogP contribution in [0.15, 0.2) is 53.4 Å². The number of aryl methyl sites for hydroxylation is 1. The Morgan fingerprint density at radius 1 is 1.00 bits per heavy atom. The van der Waals surface area contributed by atoms with Crippen molar-refractivity contribution in [2.24, 2.45) is 0 Å². The molecule has 0 spiro atoms. The lowest BCUT2D eigenvalue weighted by Crippen LogP contribution is -2.35. The molecule has 0 aliphatic carbocycles. The van der Waals surface area contributed by atoms with Crippen molar-refractivity contribution in [1.82, 2.24) is 5.32 Å². The van der Waals surface area contributed by atoms with E-state index in [1.54, 1.807) is 45.0 Å². The molecule has 0 radical (unpaired) electrons. The van der Waals surface area contributed by atoms with Crippen LogP contribution in [0.25, 0.3) is 0 Å². The molecule has 0 aliphatic rings. The average Bonchev–Trinajstić information content (AvgIpc) is 2.70. The normalized spacial score (nSPS) is 12.5. The maximum atomic E-state index is 12.5. The van der Waals surface area contributed by atoms with Gasteiger partial charge in [-0.05, 0) is 57.5 Å². The monoisotopic (exact) mass is 463 g/mol. The van der Waals surface area contributed by atoms with Gasteiger partial charge in [-0.2, -0.15) is 8.42 Å². The standard InChI is InChI=1S/C23H29NO7S/c1-16-6-12-20(13-7-16)32(27,28)31-19-10-8-17(9-11-19)18(14-21(25)29-5)15-24-22(26)30-23(2,3)4/h6-13,18H,14-15H2,1-5H3,(H,24,26). The second-order valence-electron chi connectivity index (χ2n) is 8.28. The first-order chi connectivity index (χ1) is 14.9. The van der Waals surface area contributed by atoms with Gasteiger partial charge in [-0.3, -0.25) is 4.79 Å². The summed E-state index contributed by atoms with van der Waals surface area (Å²) in [4.78, 5) is 23.9. The van der Waals surface area contributed by atoms with Gasteiger partial charge in [0.05, 0.1) is 13.5 Å². The van der Waals surface area contributed by atoms with E-state index in [2.05, 4.69) is 5.32 Å². The number of hydrogen-bond acceptors (Lipinski definition) is 7. The Labute approximate surface area is 189 Å². The maximum absolute atomic E-state index is 12.5. The van der Waals surface area contributed by atoms with Gasteiger partial charge in [0.1, 0.15) is 16.2 Å². The van der Waals surface area contributed by atoms with Crippen molar-refractivity contribution in [2.75, 3.05) is 13.7 Å². The molecule has 0 saturated heterocycles. The Balaban J connectivity index is 2.13. The van der Waals surface area contributed by atoms with Crippen LogP contribution in [0.1, 0.15) is 44.2 Å². The lowest BCUT2D eigenvalue weighted by atomic mass is 9.95. The molecule has 0 aliphatic heterocycles. The van der Waals surface area contributed by atoms with E-state index in [9.17, 15) is 18.0 Å². The molecule has 32 heavy (non-hydrogen) atoms. The quantitative estimate of drug-likeness (QED) is 0.467. The predicted octanol–water partition coefficient (Wildman–Crippen LogP) is 3.93. The van der Waals surface area contributed by atoms with E-state index < -0.39 is 33.7 Å². The second-order valence-corrected chi connectivity index (χ2v) is 9.83. The molecule has 1 atom stereocenters. The van der Waals surface area contributed by atoms with Gasteiger partial charge in [-0.15, -0.1) is 0 Å². The minimum atomic E-state index is -3.97. The van der Waals surface area contributed by atoms with E-state index in [4.69, 9.17) is 13.7 Å². The Morgan fingerprint density at radius 2 is 1.59 bits per heavy atom. The summed E-state index contributed by atoms with van der Waals surface area (Å²) in [5.74, 6) is -0.716. The van der Waals surface area contributed by atoms with E-state index in [1.807, 2.05) is 6.92 Å². The number of nitrogens with one attached hydrogen (secondary N) is 1. The first kappa shape index (κ1) is 25.2. The molecule has 174 valence electrons. The van der Waals surface area contributed by atoms with Gasteiger partial charge in [-0.1, -0.05) is 29.8 Å². The number of carbonyl (C=O) groups is 2. The van der Waals surface area contributed by atoms with Gasteiger partial charge >= 0.3 is 22.2 Å². The van der Waals surface area contributed by atoms with E-state index in [-0.39, 0.29) is 23.6 Å². The number of esters is 1. The van der Waals surface area contributed by atoms with Gasteiger partial charge in [-0.25, -0.2) is 4.79 Å². The topological polar surface area (TPSA) is 108 Å². The van der Waals surface area contributed by atoms with Gasteiger partial charge in [0.25, 0.3) is 0 Å². The molecular formula is C23H29NO7S. The van der Waals surface area contributed by atoms with Crippen molar-refractivity contribution >= 4 is 22.2 Å². The molecule has 9 heteroatoms. The SMILES string of the molecule is COC(=O)CC(CNC(=O)OC(C)(C)C)c1ccc(OS(=O)(=O)c2ccc(C)cc2)cc1. The smallest absolute Gasteiger partial charge is 0.407 e. The van der Waals surface area contributed by atoms with E-state index in [0.29, 0.717) is 5.56 Å². The van der Waals surface area contributed by atoms with Crippen LogP contribution in [0.4, 0.5) is 4.79 Å². The van der Waals surface area contributed by atoms with Crippen molar-refractivity contribution in [3.05, 3.63) is 59.7 Å². The molecule has 2 aromatic carbocycles. The number of benzene rings is 2. The van der Waals surface area contributed by atoms with Gasteiger partial charge in [0.15, 0.2) is 0 Å². The van der Waals surface area contributed by atoms with Gasteiger partial charge < -0.3 is 19.0 Å². The van der Waals surface area contributed by atoms with Gasteiger partial charge in [0.2, 0.25) is 0 Å². The first-order valence-electron chi connectivity index (χ1n) is 10.0. The van der Waals surface area contributed by atoms with Crippen molar-refractivity contribution in [1.29, 1.82) is 0 Å². The average molecular weight is 464 g/mol. The highest BCUT2D eigenvalue weighted by Gasteiger charge is 2.22. The van der Waals surface area contributed by atoms with Crippen LogP contribution < -0.4 is 9.50 Å². The molecule has 1 N–H and O–H groups in total. The summed E-state index contributed by atoms with van der Waals surface area (Å²) in [6.45, 7) is 7.25. The highest BCUT2D eigenvalue weighted by molar-refractivity contribution is 7.87. The maximum Gasteiger partial charge on any atom is 0.407 e. The van der Waals surface area contributed by atoms with Crippen molar-refractivity contribution < 1.29 is 31.7 Å². The van der Waals surface area contributed by atoms with E-state index >= 15 is 0 Å². The number of methoxy groups -OCH3 is 1. The highest BCUT2D eigenvalue weighted by atomic mass is 32.2. The molecule has 0 bridgehead atoms. The third kappa shape index (κ3) is 7.88. The zero-order chi connectivity index (χ0) is 23.9. The van der Waals surface area contributed by atoms with E-state index in [0.717, 1.165) is 5.56 Å². The summed E-state index contributed by atoms with van der Waals surface area (Å²) in [6, 6.07) is 12.6. The lowest BCUT2D eigenvalue weighted by molar-refractivity contribution is -0.141. The van der Waals surface area contributed by atoms with Crippen molar-refractivity contribution in [3.63, 3.8) is 0 Å². The van der Waals surface area contributed by atoms with Crippen LogP contribution >= 0.6 is 0 Å². The molecule has 1 amide bonds. The molecule has 2 rings (SSSR count). The minimum Gasteiger partial charge on any atom is -0.469 e. The lowest BCUT2D eigenvalue weighted by Gasteiger charge is -2.22. The summed E-state index contributed by atoms with van der Waals surface area (Å²) in [5, 5.41) is 2.65. The van der Waals surface area contributed by atoms with E-state index in [1.165, 1.54) is 31.4 Å². The Bertz CT molecular complexity index is 1020. The van der Waals surface area contributed by atoms with Crippen LogP contribution in [0.5, 0.6) is 5.75 Å². The zero-order valence-corrected chi connectivity index (χ0v) is 19.7. The molecule has 0 fully saturated rings. The second kappa shape index (κ2) is 10.5. The summed E-state index contributed by atoms with van der Waals surface area (Å²) in [5.41, 5.74) is 0.987. The molecule has 8 nitrogen and oxygen atoms in total. The molecule has 0 saturated carbocycles. The zero-order valence-electron chi connectivity index (χ0n) is 18.9. The number of alkyl carbamates (subject to hydrolysis) is 1. The molecule has 0 aromatic heterocycles. The van der Waals surface area contributed by atoms with Crippen LogP contribution in [0, 0.1) is 6.92 Å². The third-order valence-electron chi connectivity index (χ3n) is 4.40. The van der Waals surface area contributed by atoms with Gasteiger partial charge in [0, 0.05) is 12.5 Å². The third-order valence-corrected chi connectivity index (χ3v) is 5.66. The fourth-order valence-electron chi connectivity index (χ4n) is 2.79. The first-order valence-corrected chi connectivity index (χ1v) is 11.5. The molecule has 1 unspecified atom stereocenters. The summed E-state index contributed by atoms with van der Waals surface area (Å²) in [7, 11) is -2.69. The number of rotatable bonds is 8. The number of carbonyl (C=O) groups excluding carboxylic acids is 2. The van der Waals surface area contributed by atoms with Crippen molar-refractivity contribution in [3.8, 4) is 5.75 Å². The number of hydrogen-bond donors (Lipinski definition) is 1. The highest BCUT2D eigenvalue weighted by Crippen LogP contribution is 2.25. The van der Waals surface area contributed by atoms with Crippen LogP contribution in [-0.2, 0) is 24.4 Å². The Hall–Kier alpha value is -3.07. The fraction of sp³-hybridized carbons (Fsp3) is 0.391. The minimum absolute atomic E-state index is 0.0220. The van der Waals surface area contributed by atoms with Crippen LogP contribution in [0.3, 0.4) is 0 Å². The fourth-order valence-corrected chi connectivity index (χ4v) is 3.72. The summed E-state index contributed by atoms with van der Waals surface area (Å²) < 4.78 is 40.1. The molecular weight excluding hydrogens is 434 g/mol. The number of amides is 1. The summed E-state index contributed by atoms with van der Waals surface area (Å²) >= 11 is 0. The van der Waals surface area contributed by atoms with Crippen LogP contribution in [-0.4, -0.2) is 39.7 Å². The molecule has 0 heterocycles. The van der Waals surface area contributed by atoms with Crippen LogP contribution in [0.2, 0.25) is 0 Å². The Morgan fingerprint density at radius 3 is 2.12 bits per heavy atom. The van der Waals surface area contributed by atoms with Crippen molar-refractivity contribution in [2.45, 2.75) is 50.5 Å². The Kier molecular flexibility index (Phi) is 8.26. The summed E-state index contributed by atoms with van der Waals surface area (Å²) in [6.07, 6.45) is -0.578. The largest absolute Gasteiger partial charge is 0.469 e. The predicted molar refractivity (Wildman–Crippen MR) is 119 cm³/mol. The number of ether oxygens (including phenoxy) is 2.